The van der Waals surface area contributed by atoms with Gasteiger partial charge in [-0.25, -0.2) is 0 Å². The minimum Gasteiger partial charge on any atom is -0.324 e. The van der Waals surface area contributed by atoms with Gasteiger partial charge in [0.05, 0.1) is 25.7 Å². The first-order valence-electron chi connectivity index (χ1n) is 7.07. The lowest BCUT2D eigenvalue weighted by Gasteiger charge is -2.13. The maximum Gasteiger partial charge on any atom is 0.281 e. The number of benzene rings is 1. The number of carbonyl (C=O) groups is 1. The lowest BCUT2D eigenvalue weighted by molar-refractivity contribution is -0.395. The molecule has 1 atom stereocenters. The van der Waals surface area contributed by atoms with Gasteiger partial charge in [-0.1, -0.05) is 0 Å². The minimum absolute atomic E-state index is 0.0243. The molecule has 0 aliphatic carbocycles. The SMILES string of the molecule is Cc1nn(C(C)C(=O)Nc2cc([N+](=O)[O-])c(C)c([N+](=O)[O-])c2)cc1Br. The molecule has 132 valence electrons. The molecule has 1 heterocycles. The molecule has 0 aliphatic rings. The monoisotopic (exact) mass is 411 g/mol. The number of hydrogen-bond acceptors (Lipinski definition) is 6. The van der Waals surface area contributed by atoms with Crippen LogP contribution in [0.5, 0.6) is 0 Å². The maximum absolute atomic E-state index is 12.4. The molecule has 1 N–H and O–H groups in total. The van der Waals surface area contributed by atoms with E-state index >= 15 is 0 Å². The molecule has 1 aromatic carbocycles. The Hall–Kier alpha value is -2.82. The van der Waals surface area contributed by atoms with E-state index in [1.807, 2.05) is 0 Å². The summed E-state index contributed by atoms with van der Waals surface area (Å²) in [5, 5.41) is 28.8. The smallest absolute Gasteiger partial charge is 0.281 e. The first-order valence-corrected chi connectivity index (χ1v) is 7.86. The van der Waals surface area contributed by atoms with E-state index in [0.717, 1.165) is 16.6 Å². The summed E-state index contributed by atoms with van der Waals surface area (Å²) in [6.07, 6.45) is 1.62. The first kappa shape index (κ1) is 18.5. The van der Waals surface area contributed by atoms with Crippen molar-refractivity contribution in [3.05, 3.63) is 54.3 Å². The number of nitro benzene ring substituents is 2. The fourth-order valence-electron chi connectivity index (χ4n) is 2.16. The number of nitro groups is 2. The van der Waals surface area contributed by atoms with Crippen molar-refractivity contribution < 1.29 is 14.6 Å². The Morgan fingerprint density at radius 1 is 1.24 bits per heavy atom. The predicted octanol–water partition coefficient (Wildman–Crippen LogP) is 3.28. The van der Waals surface area contributed by atoms with Gasteiger partial charge in [-0.15, -0.1) is 0 Å². The van der Waals surface area contributed by atoms with Crippen molar-refractivity contribution in [2.24, 2.45) is 0 Å². The molecule has 1 unspecified atom stereocenters. The van der Waals surface area contributed by atoms with Gasteiger partial charge in [0.1, 0.15) is 11.6 Å². The maximum atomic E-state index is 12.4. The number of nitrogens with zero attached hydrogens (tertiary/aromatic N) is 4. The van der Waals surface area contributed by atoms with Gasteiger partial charge < -0.3 is 5.32 Å². The van der Waals surface area contributed by atoms with Crippen molar-refractivity contribution >= 4 is 38.9 Å². The van der Waals surface area contributed by atoms with Crippen LogP contribution in [0.2, 0.25) is 0 Å². The summed E-state index contributed by atoms with van der Waals surface area (Å²) in [6.45, 7) is 4.64. The van der Waals surface area contributed by atoms with Crippen LogP contribution in [0.4, 0.5) is 17.1 Å². The predicted molar refractivity (Wildman–Crippen MR) is 92.5 cm³/mol. The van der Waals surface area contributed by atoms with Gasteiger partial charge >= 0.3 is 0 Å². The number of halogens is 1. The third kappa shape index (κ3) is 3.82. The first-order chi connectivity index (χ1) is 11.6. The zero-order chi connectivity index (χ0) is 18.9. The van der Waals surface area contributed by atoms with Crippen molar-refractivity contribution in [3.63, 3.8) is 0 Å². The zero-order valence-electron chi connectivity index (χ0n) is 13.5. The molecule has 0 saturated carbocycles. The van der Waals surface area contributed by atoms with Crippen LogP contribution < -0.4 is 5.32 Å². The van der Waals surface area contributed by atoms with Gasteiger partial charge in [0.25, 0.3) is 11.4 Å². The molecular formula is C14H14BrN5O5. The standard InChI is InChI=1S/C14H14BrN5O5/c1-7-12(19(22)23)4-10(5-13(7)20(24)25)16-14(21)9(3)18-6-11(15)8(2)17-18/h4-6,9H,1-3H3,(H,16,21). The molecular weight excluding hydrogens is 398 g/mol. The van der Waals surface area contributed by atoms with E-state index in [4.69, 9.17) is 0 Å². The largest absolute Gasteiger partial charge is 0.324 e. The van der Waals surface area contributed by atoms with Crippen LogP contribution in [0, 0.1) is 34.1 Å². The molecule has 11 heteroatoms. The number of carbonyl (C=O) groups excluding carboxylic acids is 1. The number of hydrogen-bond donors (Lipinski definition) is 1. The summed E-state index contributed by atoms with van der Waals surface area (Å²) in [5.74, 6) is -0.512. The van der Waals surface area contributed by atoms with Crippen LogP contribution in [0.1, 0.15) is 24.2 Å². The van der Waals surface area contributed by atoms with Crippen molar-refractivity contribution in [2.75, 3.05) is 5.32 Å². The van der Waals surface area contributed by atoms with Crippen molar-refractivity contribution in [1.29, 1.82) is 0 Å². The Morgan fingerprint density at radius 2 is 1.76 bits per heavy atom. The number of aryl methyl sites for hydroxylation is 1. The van der Waals surface area contributed by atoms with Gasteiger partial charge in [0, 0.05) is 18.3 Å². The Kier molecular flexibility index (Phi) is 5.16. The minimum atomic E-state index is -0.727. The molecule has 2 aromatic rings. The summed E-state index contributed by atoms with van der Waals surface area (Å²) in [4.78, 5) is 33.1. The Morgan fingerprint density at radius 3 is 2.16 bits per heavy atom. The van der Waals surface area contributed by atoms with Crippen LogP contribution in [0.25, 0.3) is 0 Å². The third-order valence-electron chi connectivity index (χ3n) is 3.65. The normalized spacial score (nSPS) is 11.8. The van der Waals surface area contributed by atoms with Gasteiger partial charge in [-0.2, -0.15) is 5.10 Å². The molecule has 1 aromatic heterocycles. The van der Waals surface area contributed by atoms with Crippen LogP contribution in [0.15, 0.2) is 22.8 Å². The summed E-state index contributed by atoms with van der Waals surface area (Å²) in [7, 11) is 0. The topological polar surface area (TPSA) is 133 Å². The number of anilines is 1. The van der Waals surface area contributed by atoms with Crippen LogP contribution in [-0.2, 0) is 4.79 Å². The Balaban J connectivity index is 2.34. The van der Waals surface area contributed by atoms with Crippen LogP contribution in [0.3, 0.4) is 0 Å². The molecule has 0 radical (unpaired) electrons. The second kappa shape index (κ2) is 6.97. The van der Waals surface area contributed by atoms with Crippen molar-refractivity contribution in [2.45, 2.75) is 26.8 Å². The summed E-state index contributed by atoms with van der Waals surface area (Å²) in [6, 6.07) is 1.47. The summed E-state index contributed by atoms with van der Waals surface area (Å²) < 4.78 is 2.15. The summed E-state index contributed by atoms with van der Waals surface area (Å²) >= 11 is 3.29. The van der Waals surface area contributed by atoms with Gasteiger partial charge in [0.2, 0.25) is 5.91 Å². The van der Waals surface area contributed by atoms with Crippen molar-refractivity contribution in [3.8, 4) is 0 Å². The van der Waals surface area contributed by atoms with Crippen LogP contribution in [-0.4, -0.2) is 25.5 Å². The van der Waals surface area contributed by atoms with E-state index in [1.54, 1.807) is 20.0 Å². The van der Waals surface area contributed by atoms with E-state index in [9.17, 15) is 25.0 Å². The van der Waals surface area contributed by atoms with E-state index in [-0.39, 0.29) is 11.3 Å². The fraction of sp³-hybridized carbons (Fsp3) is 0.286. The van der Waals surface area contributed by atoms with E-state index < -0.39 is 33.2 Å². The molecule has 0 saturated heterocycles. The molecule has 0 aliphatic heterocycles. The Labute approximate surface area is 150 Å². The highest BCUT2D eigenvalue weighted by Gasteiger charge is 2.25. The molecule has 10 nitrogen and oxygen atoms in total. The molecule has 0 spiro atoms. The zero-order valence-corrected chi connectivity index (χ0v) is 15.1. The highest BCUT2D eigenvalue weighted by Crippen LogP contribution is 2.32. The average molecular weight is 412 g/mol. The van der Waals surface area contributed by atoms with E-state index in [2.05, 4.69) is 26.3 Å². The van der Waals surface area contributed by atoms with Gasteiger partial charge in [0.15, 0.2) is 0 Å². The number of nitrogens with one attached hydrogen (secondary N) is 1. The average Bonchev–Trinajstić information content (AvgIpc) is 2.86. The molecule has 2 rings (SSSR count). The molecule has 0 bridgehead atoms. The third-order valence-corrected chi connectivity index (χ3v) is 4.43. The highest BCUT2D eigenvalue weighted by atomic mass is 79.9. The number of aromatic nitrogens is 2. The molecule has 1 amide bonds. The van der Waals surface area contributed by atoms with E-state index in [1.165, 1.54) is 11.6 Å². The van der Waals surface area contributed by atoms with Gasteiger partial charge in [-0.3, -0.25) is 29.7 Å². The quantitative estimate of drug-likeness (QED) is 0.592. The lowest BCUT2D eigenvalue weighted by Crippen LogP contribution is -2.24. The van der Waals surface area contributed by atoms with E-state index in [0.29, 0.717) is 5.69 Å². The van der Waals surface area contributed by atoms with Crippen LogP contribution >= 0.6 is 15.9 Å². The second-order valence-corrected chi connectivity index (χ2v) is 6.22. The van der Waals surface area contributed by atoms with Gasteiger partial charge in [-0.05, 0) is 36.7 Å². The molecule has 0 fully saturated rings. The summed E-state index contributed by atoms with van der Waals surface area (Å²) in [5.41, 5.74) is -0.276. The fourth-order valence-corrected chi connectivity index (χ4v) is 2.45. The number of rotatable bonds is 5. The highest BCUT2D eigenvalue weighted by molar-refractivity contribution is 9.10. The molecule has 25 heavy (non-hydrogen) atoms. The Bertz CT molecular complexity index is 824. The lowest BCUT2D eigenvalue weighted by atomic mass is 10.1. The second-order valence-electron chi connectivity index (χ2n) is 5.36. The van der Waals surface area contributed by atoms with Crippen molar-refractivity contribution in [1.82, 2.24) is 9.78 Å². The number of amides is 1.